The van der Waals surface area contributed by atoms with E-state index in [1.54, 1.807) is 0 Å². The molecule has 1 aromatic carbocycles. The molecule has 19 heavy (non-hydrogen) atoms. The zero-order chi connectivity index (χ0) is 13.7. The van der Waals surface area contributed by atoms with E-state index in [0.717, 1.165) is 37.7 Å². The van der Waals surface area contributed by atoms with E-state index in [-0.39, 0.29) is 0 Å². The van der Waals surface area contributed by atoms with Gasteiger partial charge >= 0.3 is 0 Å². The van der Waals surface area contributed by atoms with Crippen LogP contribution in [0, 0.1) is 0 Å². The van der Waals surface area contributed by atoms with E-state index in [4.69, 9.17) is 11.6 Å². The average molecular weight is 282 g/mol. The standard InChI is InChI=1S/C15H24ClN3/c1-13(7-8-17-2)18-9-11-19(12-10-18)15-6-4-3-5-14(15)16/h3-6,13,17H,7-12H2,1-2H3. The molecule has 1 heterocycles. The van der Waals surface area contributed by atoms with E-state index < -0.39 is 0 Å². The lowest BCUT2D eigenvalue weighted by atomic mass is 10.1. The summed E-state index contributed by atoms with van der Waals surface area (Å²) in [4.78, 5) is 4.97. The summed E-state index contributed by atoms with van der Waals surface area (Å²) in [6.45, 7) is 7.78. The first kappa shape index (κ1) is 14.6. The quantitative estimate of drug-likeness (QED) is 0.894. The smallest absolute Gasteiger partial charge is 0.0639 e. The Balaban J connectivity index is 1.87. The highest BCUT2D eigenvalue weighted by Gasteiger charge is 2.21. The Bertz CT molecular complexity index is 389. The van der Waals surface area contributed by atoms with Crippen LogP contribution in [0.5, 0.6) is 0 Å². The molecule has 0 aliphatic carbocycles. The lowest BCUT2D eigenvalue weighted by Gasteiger charge is -2.39. The average Bonchev–Trinajstić information content (AvgIpc) is 2.45. The van der Waals surface area contributed by atoms with Crippen LogP contribution in [-0.2, 0) is 0 Å². The fourth-order valence-corrected chi connectivity index (χ4v) is 2.90. The van der Waals surface area contributed by atoms with Crippen LogP contribution in [0.25, 0.3) is 0 Å². The van der Waals surface area contributed by atoms with Crippen molar-refractivity contribution in [2.24, 2.45) is 0 Å². The molecule has 1 aromatic rings. The summed E-state index contributed by atoms with van der Waals surface area (Å²) >= 11 is 6.26. The summed E-state index contributed by atoms with van der Waals surface area (Å²) in [5.41, 5.74) is 1.17. The number of benzene rings is 1. The minimum atomic E-state index is 0.654. The third-order valence-electron chi connectivity index (χ3n) is 3.94. The molecule has 0 amide bonds. The van der Waals surface area contributed by atoms with Gasteiger partial charge in [0.15, 0.2) is 0 Å². The van der Waals surface area contributed by atoms with Crippen molar-refractivity contribution in [2.45, 2.75) is 19.4 Å². The lowest BCUT2D eigenvalue weighted by Crippen LogP contribution is -2.50. The number of rotatable bonds is 5. The van der Waals surface area contributed by atoms with E-state index in [9.17, 15) is 0 Å². The zero-order valence-corrected chi connectivity index (χ0v) is 12.7. The van der Waals surface area contributed by atoms with Crippen molar-refractivity contribution >= 4 is 17.3 Å². The molecule has 106 valence electrons. The number of para-hydroxylation sites is 1. The molecule has 1 fully saturated rings. The van der Waals surface area contributed by atoms with Gasteiger partial charge in [0.25, 0.3) is 0 Å². The largest absolute Gasteiger partial charge is 0.368 e. The van der Waals surface area contributed by atoms with Gasteiger partial charge in [-0.2, -0.15) is 0 Å². The Labute approximate surface area is 121 Å². The van der Waals surface area contributed by atoms with Crippen molar-refractivity contribution in [1.29, 1.82) is 0 Å². The predicted molar refractivity (Wildman–Crippen MR) is 83.2 cm³/mol. The highest BCUT2D eigenvalue weighted by molar-refractivity contribution is 6.33. The fourth-order valence-electron chi connectivity index (χ4n) is 2.65. The maximum absolute atomic E-state index is 6.26. The molecule has 4 heteroatoms. The zero-order valence-electron chi connectivity index (χ0n) is 11.9. The van der Waals surface area contributed by atoms with Gasteiger partial charge in [-0.25, -0.2) is 0 Å². The van der Waals surface area contributed by atoms with Gasteiger partial charge in [0.2, 0.25) is 0 Å². The maximum Gasteiger partial charge on any atom is 0.0639 e. The van der Waals surface area contributed by atoms with Crippen molar-refractivity contribution in [3.63, 3.8) is 0 Å². The molecule has 0 radical (unpaired) electrons. The number of nitrogens with zero attached hydrogens (tertiary/aromatic N) is 2. The molecule has 1 N–H and O–H groups in total. The molecule has 1 aliphatic heterocycles. The van der Waals surface area contributed by atoms with Gasteiger partial charge in [-0.3, -0.25) is 4.90 Å². The highest BCUT2D eigenvalue weighted by atomic mass is 35.5. The Kier molecular flexibility index (Phi) is 5.49. The highest BCUT2D eigenvalue weighted by Crippen LogP contribution is 2.26. The summed E-state index contributed by atoms with van der Waals surface area (Å²) in [6.07, 6.45) is 1.21. The topological polar surface area (TPSA) is 18.5 Å². The van der Waals surface area contributed by atoms with E-state index in [1.807, 2.05) is 19.2 Å². The van der Waals surface area contributed by atoms with Gasteiger partial charge in [-0.15, -0.1) is 0 Å². The molecule has 3 nitrogen and oxygen atoms in total. The summed E-state index contributed by atoms with van der Waals surface area (Å²) in [5.74, 6) is 0. The number of hydrogen-bond acceptors (Lipinski definition) is 3. The van der Waals surface area contributed by atoms with Crippen LogP contribution in [0.4, 0.5) is 5.69 Å². The summed E-state index contributed by atoms with van der Waals surface area (Å²) in [5, 5.41) is 4.09. The molecule has 1 saturated heterocycles. The number of halogens is 1. The lowest BCUT2D eigenvalue weighted by molar-refractivity contribution is 0.188. The van der Waals surface area contributed by atoms with E-state index >= 15 is 0 Å². The second-order valence-electron chi connectivity index (χ2n) is 5.22. The molecule has 1 atom stereocenters. The van der Waals surface area contributed by atoms with Crippen LogP contribution < -0.4 is 10.2 Å². The van der Waals surface area contributed by atoms with Gasteiger partial charge in [-0.05, 0) is 39.1 Å². The van der Waals surface area contributed by atoms with Crippen molar-refractivity contribution in [3.05, 3.63) is 29.3 Å². The number of hydrogen-bond donors (Lipinski definition) is 1. The Hall–Kier alpha value is -0.770. The minimum Gasteiger partial charge on any atom is -0.368 e. The Morgan fingerprint density at radius 1 is 1.21 bits per heavy atom. The normalized spacial score (nSPS) is 18.6. The van der Waals surface area contributed by atoms with Gasteiger partial charge in [-0.1, -0.05) is 23.7 Å². The summed E-state index contributed by atoms with van der Waals surface area (Å²) < 4.78 is 0. The van der Waals surface area contributed by atoms with Crippen LogP contribution in [0.2, 0.25) is 5.02 Å². The van der Waals surface area contributed by atoms with E-state index in [0.29, 0.717) is 6.04 Å². The van der Waals surface area contributed by atoms with Crippen molar-refractivity contribution in [3.8, 4) is 0 Å². The summed E-state index contributed by atoms with van der Waals surface area (Å²) in [7, 11) is 2.02. The third kappa shape index (κ3) is 3.85. The van der Waals surface area contributed by atoms with Gasteiger partial charge in [0.1, 0.15) is 0 Å². The number of anilines is 1. The van der Waals surface area contributed by atoms with Crippen LogP contribution in [0.1, 0.15) is 13.3 Å². The molecule has 0 aromatic heterocycles. The van der Waals surface area contributed by atoms with Gasteiger partial charge < -0.3 is 10.2 Å². The van der Waals surface area contributed by atoms with Crippen LogP contribution in [0.3, 0.4) is 0 Å². The molecular formula is C15H24ClN3. The summed E-state index contributed by atoms with van der Waals surface area (Å²) in [6, 6.07) is 8.78. The van der Waals surface area contributed by atoms with Crippen molar-refractivity contribution < 1.29 is 0 Å². The van der Waals surface area contributed by atoms with Crippen molar-refractivity contribution in [2.75, 3.05) is 44.7 Å². The van der Waals surface area contributed by atoms with E-state index in [2.05, 4.69) is 34.2 Å². The van der Waals surface area contributed by atoms with E-state index in [1.165, 1.54) is 12.1 Å². The molecule has 1 unspecified atom stereocenters. The minimum absolute atomic E-state index is 0.654. The first-order valence-corrected chi connectivity index (χ1v) is 7.48. The fraction of sp³-hybridized carbons (Fsp3) is 0.600. The second kappa shape index (κ2) is 7.13. The maximum atomic E-state index is 6.26. The van der Waals surface area contributed by atoms with Crippen molar-refractivity contribution in [1.82, 2.24) is 10.2 Å². The SMILES string of the molecule is CNCCC(C)N1CCN(c2ccccc2Cl)CC1. The third-order valence-corrected chi connectivity index (χ3v) is 4.26. The first-order valence-electron chi connectivity index (χ1n) is 7.10. The molecular weight excluding hydrogens is 258 g/mol. The monoisotopic (exact) mass is 281 g/mol. The molecule has 0 bridgehead atoms. The van der Waals surface area contributed by atoms with Crippen LogP contribution in [0.15, 0.2) is 24.3 Å². The van der Waals surface area contributed by atoms with Crippen LogP contribution in [-0.4, -0.2) is 50.7 Å². The second-order valence-corrected chi connectivity index (χ2v) is 5.62. The van der Waals surface area contributed by atoms with Gasteiger partial charge in [0.05, 0.1) is 10.7 Å². The molecule has 2 rings (SSSR count). The Morgan fingerprint density at radius 2 is 1.89 bits per heavy atom. The molecule has 0 saturated carbocycles. The number of nitrogens with one attached hydrogen (secondary N) is 1. The molecule has 1 aliphatic rings. The predicted octanol–water partition coefficient (Wildman–Crippen LogP) is 2.46. The van der Waals surface area contributed by atoms with Crippen LogP contribution >= 0.6 is 11.6 Å². The number of piperazine rings is 1. The Morgan fingerprint density at radius 3 is 2.53 bits per heavy atom. The van der Waals surface area contributed by atoms with Gasteiger partial charge in [0, 0.05) is 32.2 Å². The molecule has 0 spiro atoms. The first-order chi connectivity index (χ1) is 9.22.